The minimum atomic E-state index is 0.521. The zero-order chi connectivity index (χ0) is 13.9. The van der Waals surface area contributed by atoms with Gasteiger partial charge in [0.25, 0.3) is 0 Å². The maximum atomic E-state index is 5.28. The third-order valence-corrected chi connectivity index (χ3v) is 3.86. The van der Waals surface area contributed by atoms with E-state index in [0.717, 1.165) is 30.5 Å². The molecule has 0 amide bonds. The minimum Gasteiger partial charge on any atom is -0.359 e. The maximum absolute atomic E-state index is 5.28. The summed E-state index contributed by atoms with van der Waals surface area (Å²) in [6.07, 6.45) is 8.27. The Morgan fingerprint density at radius 3 is 3.00 bits per heavy atom. The molecule has 0 radical (unpaired) electrons. The Hall–Kier alpha value is -1.55. The van der Waals surface area contributed by atoms with Crippen molar-refractivity contribution in [3.8, 4) is 0 Å². The predicted octanol–water partition coefficient (Wildman–Crippen LogP) is 3.28. The van der Waals surface area contributed by atoms with Gasteiger partial charge < -0.3 is 14.4 Å². The molecule has 4 heteroatoms. The van der Waals surface area contributed by atoms with Crippen molar-refractivity contribution in [1.29, 1.82) is 0 Å². The lowest BCUT2D eigenvalue weighted by Gasteiger charge is -2.16. The minimum absolute atomic E-state index is 0.521. The average Bonchev–Trinajstić information content (AvgIpc) is 3.03. The third-order valence-electron chi connectivity index (χ3n) is 3.86. The molecule has 0 spiro atoms. The van der Waals surface area contributed by atoms with Gasteiger partial charge in [0.2, 0.25) is 0 Å². The van der Waals surface area contributed by atoms with Crippen LogP contribution in [-0.2, 0) is 6.54 Å². The van der Waals surface area contributed by atoms with E-state index >= 15 is 0 Å². The van der Waals surface area contributed by atoms with Crippen molar-refractivity contribution in [1.82, 2.24) is 15.0 Å². The van der Waals surface area contributed by atoms with E-state index in [0.29, 0.717) is 6.04 Å². The molecule has 1 unspecified atom stereocenters. The number of nitrogens with one attached hydrogen (secondary N) is 1. The van der Waals surface area contributed by atoms with Crippen molar-refractivity contribution < 1.29 is 4.52 Å². The molecule has 2 aromatic heterocycles. The van der Waals surface area contributed by atoms with E-state index in [9.17, 15) is 0 Å². The quantitative estimate of drug-likeness (QED) is 0.842. The summed E-state index contributed by atoms with van der Waals surface area (Å²) >= 11 is 0. The van der Waals surface area contributed by atoms with Crippen LogP contribution in [-0.4, -0.2) is 16.3 Å². The van der Waals surface area contributed by atoms with Crippen LogP contribution >= 0.6 is 0 Å². The molecule has 0 bridgehead atoms. The lowest BCUT2D eigenvalue weighted by Crippen LogP contribution is -2.23. The molecule has 1 aliphatic rings. The van der Waals surface area contributed by atoms with Crippen LogP contribution in [0.5, 0.6) is 0 Å². The molecule has 1 saturated carbocycles. The molecule has 4 nitrogen and oxygen atoms in total. The molecule has 0 aliphatic heterocycles. The largest absolute Gasteiger partial charge is 0.359 e. The molecule has 20 heavy (non-hydrogen) atoms. The van der Waals surface area contributed by atoms with Crippen molar-refractivity contribution >= 4 is 0 Å². The molecule has 0 saturated heterocycles. The zero-order valence-corrected chi connectivity index (χ0v) is 12.3. The Balaban J connectivity index is 1.68. The average molecular weight is 273 g/mol. The van der Waals surface area contributed by atoms with Crippen molar-refractivity contribution in [3.05, 3.63) is 41.5 Å². The SMILES string of the molecule is CCCNC(c1ccn(Cc2cc(C)no2)c1)C1CC1. The van der Waals surface area contributed by atoms with Gasteiger partial charge in [-0.1, -0.05) is 12.1 Å². The summed E-state index contributed by atoms with van der Waals surface area (Å²) in [5.41, 5.74) is 2.34. The van der Waals surface area contributed by atoms with Crippen molar-refractivity contribution in [2.45, 2.75) is 45.7 Å². The van der Waals surface area contributed by atoms with E-state index in [1.165, 1.54) is 24.8 Å². The van der Waals surface area contributed by atoms with E-state index in [4.69, 9.17) is 4.52 Å². The van der Waals surface area contributed by atoms with Gasteiger partial charge in [0.05, 0.1) is 12.2 Å². The fourth-order valence-electron chi connectivity index (χ4n) is 2.70. The second-order valence-electron chi connectivity index (χ2n) is 5.82. The smallest absolute Gasteiger partial charge is 0.156 e. The van der Waals surface area contributed by atoms with Gasteiger partial charge in [-0.25, -0.2) is 0 Å². The van der Waals surface area contributed by atoms with Gasteiger partial charge in [0.15, 0.2) is 5.76 Å². The summed E-state index contributed by atoms with van der Waals surface area (Å²) in [6, 6.07) is 4.75. The van der Waals surface area contributed by atoms with Crippen LogP contribution in [0.1, 0.15) is 49.2 Å². The number of aromatic nitrogens is 2. The molecular formula is C16H23N3O. The summed E-state index contributed by atoms with van der Waals surface area (Å²) in [4.78, 5) is 0. The van der Waals surface area contributed by atoms with Crippen LogP contribution in [0, 0.1) is 12.8 Å². The van der Waals surface area contributed by atoms with E-state index in [1.54, 1.807) is 0 Å². The fourth-order valence-corrected chi connectivity index (χ4v) is 2.70. The molecule has 108 valence electrons. The summed E-state index contributed by atoms with van der Waals surface area (Å²) in [7, 11) is 0. The monoisotopic (exact) mass is 273 g/mol. The first-order valence-corrected chi connectivity index (χ1v) is 7.57. The molecule has 1 aliphatic carbocycles. The number of aryl methyl sites for hydroxylation is 1. The van der Waals surface area contributed by atoms with Gasteiger partial charge >= 0.3 is 0 Å². The molecule has 2 aromatic rings. The lowest BCUT2D eigenvalue weighted by atomic mass is 10.1. The van der Waals surface area contributed by atoms with Crippen molar-refractivity contribution in [3.63, 3.8) is 0 Å². The van der Waals surface area contributed by atoms with Gasteiger partial charge in [0, 0.05) is 24.5 Å². The highest BCUT2D eigenvalue weighted by atomic mass is 16.5. The molecule has 2 heterocycles. The Morgan fingerprint density at radius 1 is 1.50 bits per heavy atom. The van der Waals surface area contributed by atoms with Crippen LogP contribution in [0.2, 0.25) is 0 Å². The fraction of sp³-hybridized carbons (Fsp3) is 0.562. The highest BCUT2D eigenvalue weighted by molar-refractivity contribution is 5.19. The molecule has 1 fully saturated rings. The number of hydrogen-bond donors (Lipinski definition) is 1. The predicted molar refractivity (Wildman–Crippen MR) is 78.5 cm³/mol. The Bertz CT molecular complexity index is 554. The zero-order valence-electron chi connectivity index (χ0n) is 12.3. The summed E-state index contributed by atoms with van der Waals surface area (Å²) in [6.45, 7) is 6.01. The Labute approximate surface area is 120 Å². The molecule has 1 N–H and O–H groups in total. The van der Waals surface area contributed by atoms with Crippen LogP contribution in [0.25, 0.3) is 0 Å². The first-order valence-electron chi connectivity index (χ1n) is 7.57. The van der Waals surface area contributed by atoms with Gasteiger partial charge in [-0.05, 0) is 50.3 Å². The summed E-state index contributed by atoms with van der Waals surface area (Å²) in [5.74, 6) is 1.74. The van der Waals surface area contributed by atoms with Crippen LogP contribution in [0.4, 0.5) is 0 Å². The second-order valence-corrected chi connectivity index (χ2v) is 5.82. The van der Waals surface area contributed by atoms with E-state index in [1.807, 2.05) is 13.0 Å². The van der Waals surface area contributed by atoms with Gasteiger partial charge in [-0.3, -0.25) is 0 Å². The molecule has 3 rings (SSSR count). The highest BCUT2D eigenvalue weighted by Crippen LogP contribution is 2.41. The lowest BCUT2D eigenvalue weighted by molar-refractivity contribution is 0.373. The van der Waals surface area contributed by atoms with Gasteiger partial charge in [-0.2, -0.15) is 0 Å². The first-order chi connectivity index (χ1) is 9.76. The Kier molecular flexibility index (Phi) is 3.92. The van der Waals surface area contributed by atoms with E-state index < -0.39 is 0 Å². The normalized spacial score (nSPS) is 16.5. The standard InChI is InChI=1S/C16H23N3O/c1-3-7-17-16(13-4-5-13)14-6-8-19(10-14)11-15-9-12(2)18-20-15/h6,8-10,13,16-17H,3-5,7,11H2,1-2H3. The van der Waals surface area contributed by atoms with Crippen LogP contribution in [0.3, 0.4) is 0 Å². The first kappa shape index (κ1) is 13.4. The number of rotatable bonds is 7. The van der Waals surface area contributed by atoms with Crippen molar-refractivity contribution in [2.75, 3.05) is 6.54 Å². The topological polar surface area (TPSA) is 43.0 Å². The van der Waals surface area contributed by atoms with Crippen LogP contribution < -0.4 is 5.32 Å². The number of hydrogen-bond acceptors (Lipinski definition) is 3. The van der Waals surface area contributed by atoms with E-state index in [2.05, 4.69) is 40.4 Å². The summed E-state index contributed by atoms with van der Waals surface area (Å²) < 4.78 is 7.46. The summed E-state index contributed by atoms with van der Waals surface area (Å²) in [5, 5.41) is 7.61. The Morgan fingerprint density at radius 2 is 2.35 bits per heavy atom. The third kappa shape index (κ3) is 3.12. The molecule has 0 aromatic carbocycles. The molecule has 1 atom stereocenters. The highest BCUT2D eigenvalue weighted by Gasteiger charge is 2.32. The van der Waals surface area contributed by atoms with Gasteiger partial charge in [-0.15, -0.1) is 0 Å². The van der Waals surface area contributed by atoms with Crippen molar-refractivity contribution in [2.24, 2.45) is 5.92 Å². The maximum Gasteiger partial charge on any atom is 0.156 e. The number of nitrogens with zero attached hydrogens (tertiary/aromatic N) is 2. The second kappa shape index (κ2) is 5.83. The van der Waals surface area contributed by atoms with E-state index in [-0.39, 0.29) is 0 Å². The molecular weight excluding hydrogens is 250 g/mol. The van der Waals surface area contributed by atoms with Gasteiger partial charge in [0.1, 0.15) is 0 Å². The van der Waals surface area contributed by atoms with Crippen LogP contribution in [0.15, 0.2) is 29.0 Å².